The fourth-order valence-corrected chi connectivity index (χ4v) is 4.29. The van der Waals surface area contributed by atoms with Crippen molar-refractivity contribution in [3.05, 3.63) is 69.8 Å². The summed E-state index contributed by atoms with van der Waals surface area (Å²) < 4.78 is 56.2. The summed E-state index contributed by atoms with van der Waals surface area (Å²) in [6, 6.07) is 7.02. The van der Waals surface area contributed by atoms with Gasteiger partial charge in [-0.1, -0.05) is 19.1 Å². The van der Waals surface area contributed by atoms with Gasteiger partial charge in [-0.25, -0.2) is 4.39 Å². The molecule has 0 fully saturated rings. The molecule has 0 saturated heterocycles. The van der Waals surface area contributed by atoms with Crippen molar-refractivity contribution in [1.29, 1.82) is 0 Å². The lowest BCUT2D eigenvalue weighted by Gasteiger charge is -2.45. The lowest BCUT2D eigenvalue weighted by atomic mass is 9.70. The summed E-state index contributed by atoms with van der Waals surface area (Å²) in [4.78, 5) is 14.0. The Kier molecular flexibility index (Phi) is 4.54. The number of halogens is 4. The van der Waals surface area contributed by atoms with Gasteiger partial charge < -0.3 is 20.5 Å². The summed E-state index contributed by atoms with van der Waals surface area (Å²) >= 11 is 0. The predicted molar refractivity (Wildman–Crippen MR) is 103 cm³/mol. The van der Waals surface area contributed by atoms with Gasteiger partial charge in [-0.05, 0) is 42.2 Å². The van der Waals surface area contributed by atoms with E-state index in [1.165, 1.54) is 37.3 Å². The Labute approximate surface area is 168 Å². The van der Waals surface area contributed by atoms with Gasteiger partial charge in [-0.15, -0.1) is 0 Å². The molecule has 4 N–H and O–H groups in total. The molecule has 2 unspecified atom stereocenters. The van der Waals surface area contributed by atoms with E-state index in [1.54, 1.807) is 0 Å². The van der Waals surface area contributed by atoms with E-state index in [0.717, 1.165) is 12.1 Å². The molecule has 1 aliphatic rings. The van der Waals surface area contributed by atoms with E-state index in [4.69, 9.17) is 0 Å². The number of aromatic nitrogens is 1. The molecule has 1 heterocycles. The number of pyridine rings is 1. The average Bonchev–Trinajstić information content (AvgIpc) is 2.63. The highest BCUT2D eigenvalue weighted by molar-refractivity contribution is 5.91. The minimum Gasteiger partial charge on any atom is -0.508 e. The fourth-order valence-electron chi connectivity index (χ4n) is 4.29. The minimum absolute atomic E-state index is 0.0298. The Bertz CT molecular complexity index is 1190. The second-order valence-electron chi connectivity index (χ2n) is 7.62. The standard InChI is InChI=1S/C21H18F4N2O3/c1-10-9-20(30,21(23,24)25)19(13-3-2-4-16(28)18(10)13)27-15-8-11(22)7-14-12(15)5-6-17(29)26-14/h2-8,10,19,27-28,30H,9H2,1H3,(H,26,29)/t10?,19?,20-/m1/s1. The smallest absolute Gasteiger partial charge is 0.419 e. The number of H-pyrrole nitrogens is 1. The molecule has 9 heteroatoms. The van der Waals surface area contributed by atoms with Crippen molar-refractivity contribution in [1.82, 2.24) is 4.98 Å². The van der Waals surface area contributed by atoms with E-state index < -0.39 is 41.5 Å². The van der Waals surface area contributed by atoms with E-state index >= 15 is 0 Å². The molecule has 0 spiro atoms. The number of aromatic amines is 1. The summed E-state index contributed by atoms with van der Waals surface area (Å²) in [5, 5.41) is 24.0. The Morgan fingerprint density at radius 2 is 1.93 bits per heavy atom. The maximum Gasteiger partial charge on any atom is 0.419 e. The van der Waals surface area contributed by atoms with E-state index in [1.807, 2.05) is 0 Å². The number of hydrogen-bond acceptors (Lipinski definition) is 4. The van der Waals surface area contributed by atoms with Crippen LogP contribution in [-0.4, -0.2) is 27.0 Å². The second-order valence-corrected chi connectivity index (χ2v) is 7.62. The van der Waals surface area contributed by atoms with Crippen LogP contribution in [0.5, 0.6) is 5.75 Å². The van der Waals surface area contributed by atoms with Crippen LogP contribution in [0, 0.1) is 5.82 Å². The zero-order valence-corrected chi connectivity index (χ0v) is 15.7. The van der Waals surface area contributed by atoms with Crippen molar-refractivity contribution in [3.8, 4) is 5.75 Å². The fraction of sp³-hybridized carbons (Fsp3) is 0.286. The monoisotopic (exact) mass is 422 g/mol. The molecule has 30 heavy (non-hydrogen) atoms. The second kappa shape index (κ2) is 6.73. The molecular weight excluding hydrogens is 404 g/mol. The van der Waals surface area contributed by atoms with Crippen LogP contribution in [0.1, 0.15) is 36.4 Å². The highest BCUT2D eigenvalue weighted by atomic mass is 19.4. The molecule has 0 saturated carbocycles. The normalized spacial score (nSPS) is 23.9. The molecule has 158 valence electrons. The first-order chi connectivity index (χ1) is 14.0. The Balaban J connectivity index is 1.94. The topological polar surface area (TPSA) is 85.4 Å². The summed E-state index contributed by atoms with van der Waals surface area (Å²) in [5.74, 6) is -1.72. The van der Waals surface area contributed by atoms with Crippen molar-refractivity contribution in [2.45, 2.75) is 37.1 Å². The zero-order chi connectivity index (χ0) is 21.8. The number of rotatable bonds is 2. The molecule has 1 aliphatic carbocycles. The molecule has 0 amide bonds. The minimum atomic E-state index is -5.00. The van der Waals surface area contributed by atoms with Crippen LogP contribution in [0.3, 0.4) is 0 Å². The number of phenols is 1. The SMILES string of the molecule is CC1C[C@](O)(C(F)(F)F)C(Nc2cc(F)cc3[nH]c(=O)ccc23)c2cccc(O)c21. The van der Waals surface area contributed by atoms with Crippen LogP contribution in [0.2, 0.25) is 0 Å². The van der Waals surface area contributed by atoms with E-state index in [0.29, 0.717) is 0 Å². The third-order valence-corrected chi connectivity index (χ3v) is 5.61. The third-order valence-electron chi connectivity index (χ3n) is 5.61. The van der Waals surface area contributed by atoms with Crippen LogP contribution in [0.4, 0.5) is 23.2 Å². The highest BCUT2D eigenvalue weighted by Gasteiger charge is 2.62. The molecule has 2 aromatic carbocycles. The van der Waals surface area contributed by atoms with Crippen molar-refractivity contribution in [2.24, 2.45) is 0 Å². The van der Waals surface area contributed by atoms with Gasteiger partial charge in [0.1, 0.15) is 11.6 Å². The number of phenolic OH excluding ortho intramolecular Hbond substituents is 1. The molecule has 0 radical (unpaired) electrons. The van der Waals surface area contributed by atoms with Crippen molar-refractivity contribution < 1.29 is 27.8 Å². The average molecular weight is 422 g/mol. The first kappa shape index (κ1) is 20.2. The maximum absolute atomic E-state index is 14.1. The number of benzene rings is 2. The quantitative estimate of drug-likeness (QED) is 0.463. The van der Waals surface area contributed by atoms with Gasteiger partial charge in [-0.3, -0.25) is 4.79 Å². The molecule has 5 nitrogen and oxygen atoms in total. The van der Waals surface area contributed by atoms with Gasteiger partial charge in [0.15, 0.2) is 5.60 Å². The number of nitrogens with one attached hydrogen (secondary N) is 2. The van der Waals surface area contributed by atoms with Gasteiger partial charge in [0, 0.05) is 22.7 Å². The van der Waals surface area contributed by atoms with Crippen molar-refractivity contribution in [3.63, 3.8) is 0 Å². The Morgan fingerprint density at radius 1 is 1.20 bits per heavy atom. The van der Waals surface area contributed by atoms with Gasteiger partial charge in [0.05, 0.1) is 11.6 Å². The Morgan fingerprint density at radius 3 is 2.63 bits per heavy atom. The number of anilines is 1. The van der Waals surface area contributed by atoms with Gasteiger partial charge >= 0.3 is 6.18 Å². The first-order valence-electron chi connectivity index (χ1n) is 9.21. The Hall–Kier alpha value is -3.07. The van der Waals surface area contributed by atoms with E-state index in [9.17, 15) is 32.6 Å². The van der Waals surface area contributed by atoms with Crippen LogP contribution in [0.15, 0.2) is 47.3 Å². The van der Waals surface area contributed by atoms with Crippen molar-refractivity contribution in [2.75, 3.05) is 5.32 Å². The largest absolute Gasteiger partial charge is 0.508 e. The van der Waals surface area contributed by atoms with Gasteiger partial charge in [0.25, 0.3) is 0 Å². The van der Waals surface area contributed by atoms with E-state index in [2.05, 4.69) is 10.3 Å². The molecule has 1 aromatic heterocycles. The number of alkyl halides is 3. The number of hydrogen-bond donors (Lipinski definition) is 4. The summed E-state index contributed by atoms with van der Waals surface area (Å²) in [7, 11) is 0. The van der Waals surface area contributed by atoms with Crippen LogP contribution in [-0.2, 0) is 0 Å². The molecule has 4 rings (SSSR count). The molecule has 0 aliphatic heterocycles. The van der Waals surface area contributed by atoms with Crippen LogP contribution >= 0.6 is 0 Å². The van der Waals surface area contributed by atoms with Crippen LogP contribution < -0.4 is 10.9 Å². The maximum atomic E-state index is 14.1. The highest BCUT2D eigenvalue weighted by Crippen LogP contribution is 2.54. The van der Waals surface area contributed by atoms with Gasteiger partial charge in [0.2, 0.25) is 5.56 Å². The lowest BCUT2D eigenvalue weighted by molar-refractivity contribution is -0.272. The van der Waals surface area contributed by atoms with E-state index in [-0.39, 0.29) is 33.5 Å². The third kappa shape index (κ3) is 3.09. The number of aliphatic hydroxyl groups is 1. The van der Waals surface area contributed by atoms with Crippen LogP contribution in [0.25, 0.3) is 10.9 Å². The zero-order valence-electron chi connectivity index (χ0n) is 15.7. The summed E-state index contributed by atoms with van der Waals surface area (Å²) in [6.45, 7) is 1.49. The molecule has 0 bridgehead atoms. The predicted octanol–water partition coefficient (Wildman–Crippen LogP) is 4.33. The van der Waals surface area contributed by atoms with Gasteiger partial charge in [-0.2, -0.15) is 13.2 Å². The molecular formula is C21H18F4N2O3. The lowest BCUT2D eigenvalue weighted by Crippen LogP contribution is -2.55. The summed E-state index contributed by atoms with van der Waals surface area (Å²) in [6.07, 6.45) is -5.69. The first-order valence-corrected chi connectivity index (χ1v) is 9.21. The molecule has 3 atom stereocenters. The number of aromatic hydroxyl groups is 1. The number of fused-ring (bicyclic) bond motifs is 2. The summed E-state index contributed by atoms with van der Waals surface area (Å²) in [5.41, 5.74) is -3.24. The molecule has 3 aromatic rings. The van der Waals surface area contributed by atoms with Crippen molar-refractivity contribution >= 4 is 16.6 Å².